The van der Waals surface area contributed by atoms with Crippen molar-refractivity contribution in [2.45, 2.75) is 25.9 Å². The maximum atomic E-state index is 12.2. The van der Waals surface area contributed by atoms with Crippen molar-refractivity contribution in [2.24, 2.45) is 0 Å². The highest BCUT2D eigenvalue weighted by molar-refractivity contribution is 7.19. The van der Waals surface area contributed by atoms with Crippen LogP contribution >= 0.6 is 11.3 Å². The number of benzene rings is 1. The van der Waals surface area contributed by atoms with Crippen molar-refractivity contribution in [2.75, 3.05) is 18.4 Å². The van der Waals surface area contributed by atoms with E-state index in [0.717, 1.165) is 29.0 Å². The number of aromatic nitrogens is 1. The molecule has 0 spiro atoms. The van der Waals surface area contributed by atoms with Gasteiger partial charge in [0.1, 0.15) is 0 Å². The summed E-state index contributed by atoms with van der Waals surface area (Å²) < 4.78 is 0. The Bertz CT molecular complexity index is 657. The second kappa shape index (κ2) is 6.46. The van der Waals surface area contributed by atoms with Crippen LogP contribution < -0.4 is 5.32 Å². The minimum absolute atomic E-state index is 0.188. The first kappa shape index (κ1) is 15.0. The van der Waals surface area contributed by atoms with Crippen LogP contribution in [0.3, 0.4) is 0 Å². The van der Waals surface area contributed by atoms with Crippen molar-refractivity contribution >= 4 is 22.5 Å². The van der Waals surface area contributed by atoms with E-state index in [1.54, 1.807) is 4.90 Å². The lowest BCUT2D eigenvalue weighted by Gasteiger charge is -2.29. The molecule has 2 amide bonds. The van der Waals surface area contributed by atoms with Crippen molar-refractivity contribution in [1.82, 2.24) is 9.88 Å². The molecule has 2 aromatic rings. The molecule has 1 unspecified atom stereocenters. The van der Waals surface area contributed by atoms with Crippen LogP contribution in [0.2, 0.25) is 0 Å². The molecule has 1 fully saturated rings. The molecule has 1 aliphatic heterocycles. The number of aryl methyl sites for hydroxylation is 1. The molecule has 5 nitrogen and oxygen atoms in total. The topological polar surface area (TPSA) is 65.5 Å². The highest BCUT2D eigenvalue weighted by atomic mass is 32.1. The lowest BCUT2D eigenvalue weighted by molar-refractivity contribution is 0.0883. The molecule has 6 heteroatoms. The number of urea groups is 1. The van der Waals surface area contributed by atoms with E-state index in [0.29, 0.717) is 18.2 Å². The Kier molecular flexibility index (Phi) is 4.40. The molecular weight excluding hydrogens is 298 g/mol. The number of nitrogens with one attached hydrogen (secondary N) is 1. The molecule has 3 rings (SSSR count). The Morgan fingerprint density at radius 1 is 1.41 bits per heavy atom. The van der Waals surface area contributed by atoms with Crippen LogP contribution in [0, 0.1) is 6.92 Å². The summed E-state index contributed by atoms with van der Waals surface area (Å²) in [7, 11) is 0. The molecule has 0 aliphatic carbocycles. The summed E-state index contributed by atoms with van der Waals surface area (Å²) in [6.07, 6.45) is 1.18. The Hall–Kier alpha value is -1.92. The van der Waals surface area contributed by atoms with Gasteiger partial charge in [0.15, 0.2) is 5.13 Å². The van der Waals surface area contributed by atoms with Gasteiger partial charge in [-0.25, -0.2) is 9.78 Å². The highest BCUT2D eigenvalue weighted by Crippen LogP contribution is 2.32. The SMILES string of the molecule is Cc1nc(NC(=O)N2CCCC(O)C2)sc1-c1ccccc1. The number of piperidine rings is 1. The maximum absolute atomic E-state index is 12.2. The largest absolute Gasteiger partial charge is 0.391 e. The zero-order chi connectivity index (χ0) is 15.5. The smallest absolute Gasteiger partial charge is 0.323 e. The molecule has 2 heterocycles. The van der Waals surface area contributed by atoms with Gasteiger partial charge in [-0.3, -0.25) is 5.32 Å². The molecule has 1 atom stereocenters. The van der Waals surface area contributed by atoms with Crippen molar-refractivity contribution in [1.29, 1.82) is 0 Å². The Balaban J connectivity index is 1.72. The number of amides is 2. The summed E-state index contributed by atoms with van der Waals surface area (Å²) in [6.45, 7) is 3.01. The van der Waals surface area contributed by atoms with Gasteiger partial charge in [-0.2, -0.15) is 0 Å². The third-order valence-corrected chi connectivity index (χ3v) is 4.85. The molecular formula is C16H19N3O2S. The molecule has 0 bridgehead atoms. The molecule has 1 aliphatic rings. The number of anilines is 1. The standard InChI is InChI=1S/C16H19N3O2S/c1-11-14(12-6-3-2-4-7-12)22-15(17-11)18-16(21)19-9-5-8-13(20)10-19/h2-4,6-7,13,20H,5,8-10H2,1H3,(H,17,18,21). The lowest BCUT2D eigenvalue weighted by Crippen LogP contribution is -2.44. The van der Waals surface area contributed by atoms with E-state index < -0.39 is 6.10 Å². The second-order valence-corrected chi connectivity index (χ2v) is 6.47. The van der Waals surface area contributed by atoms with E-state index in [9.17, 15) is 9.90 Å². The molecule has 1 saturated heterocycles. The Morgan fingerprint density at radius 3 is 2.91 bits per heavy atom. The molecule has 0 saturated carbocycles. The van der Waals surface area contributed by atoms with Crippen molar-refractivity contribution in [3.05, 3.63) is 36.0 Å². The van der Waals surface area contributed by atoms with Gasteiger partial charge < -0.3 is 10.0 Å². The van der Waals surface area contributed by atoms with Crippen molar-refractivity contribution in [3.8, 4) is 10.4 Å². The van der Waals surface area contributed by atoms with Gasteiger partial charge in [0.25, 0.3) is 0 Å². The fourth-order valence-corrected chi connectivity index (χ4v) is 3.58. The first-order chi connectivity index (χ1) is 10.6. The maximum Gasteiger partial charge on any atom is 0.323 e. The zero-order valence-electron chi connectivity index (χ0n) is 12.5. The fourth-order valence-electron chi connectivity index (χ4n) is 2.62. The number of hydrogen-bond acceptors (Lipinski definition) is 4. The van der Waals surface area contributed by atoms with Crippen LogP contribution in [0.1, 0.15) is 18.5 Å². The highest BCUT2D eigenvalue weighted by Gasteiger charge is 2.23. The third kappa shape index (κ3) is 3.28. The van der Waals surface area contributed by atoms with Crippen LogP contribution in [0.25, 0.3) is 10.4 Å². The predicted octanol–water partition coefficient (Wildman–Crippen LogP) is 3.11. The van der Waals surface area contributed by atoms with Crippen LogP contribution in [0.4, 0.5) is 9.93 Å². The van der Waals surface area contributed by atoms with E-state index in [4.69, 9.17) is 0 Å². The van der Waals surface area contributed by atoms with E-state index in [-0.39, 0.29) is 6.03 Å². The van der Waals surface area contributed by atoms with Gasteiger partial charge in [0, 0.05) is 13.1 Å². The average Bonchev–Trinajstić information content (AvgIpc) is 2.88. The first-order valence-corrected chi connectivity index (χ1v) is 8.22. The monoisotopic (exact) mass is 317 g/mol. The lowest BCUT2D eigenvalue weighted by atomic mass is 10.1. The molecule has 116 valence electrons. The van der Waals surface area contributed by atoms with Crippen LogP contribution in [-0.4, -0.2) is 40.2 Å². The number of carbonyl (C=O) groups is 1. The van der Waals surface area contributed by atoms with Gasteiger partial charge in [0.2, 0.25) is 0 Å². The minimum atomic E-state index is -0.419. The molecule has 1 aromatic heterocycles. The summed E-state index contributed by atoms with van der Waals surface area (Å²) in [4.78, 5) is 19.4. The second-order valence-electron chi connectivity index (χ2n) is 5.47. The van der Waals surface area contributed by atoms with Crippen LogP contribution in [-0.2, 0) is 0 Å². The summed E-state index contributed by atoms with van der Waals surface area (Å²) in [5.41, 5.74) is 2.01. The van der Waals surface area contributed by atoms with Gasteiger partial charge in [-0.15, -0.1) is 0 Å². The number of β-amino-alcohol motifs (C(OH)–C–C–N with tert-alkyl or cyclic N) is 1. The molecule has 22 heavy (non-hydrogen) atoms. The van der Waals surface area contributed by atoms with Crippen molar-refractivity contribution in [3.63, 3.8) is 0 Å². The number of carbonyl (C=O) groups excluding carboxylic acids is 1. The summed E-state index contributed by atoms with van der Waals surface area (Å²) >= 11 is 1.47. The Labute approximate surface area is 133 Å². The van der Waals surface area contributed by atoms with E-state index in [1.807, 2.05) is 37.3 Å². The minimum Gasteiger partial charge on any atom is -0.391 e. The fraction of sp³-hybridized carbons (Fsp3) is 0.375. The Morgan fingerprint density at radius 2 is 2.18 bits per heavy atom. The van der Waals surface area contributed by atoms with E-state index in [1.165, 1.54) is 11.3 Å². The van der Waals surface area contributed by atoms with Gasteiger partial charge in [-0.05, 0) is 25.3 Å². The number of aliphatic hydroxyl groups is 1. The average molecular weight is 317 g/mol. The molecule has 2 N–H and O–H groups in total. The number of rotatable bonds is 2. The first-order valence-electron chi connectivity index (χ1n) is 7.40. The van der Waals surface area contributed by atoms with E-state index >= 15 is 0 Å². The summed E-state index contributed by atoms with van der Waals surface area (Å²) in [6, 6.07) is 9.83. The molecule has 0 radical (unpaired) electrons. The summed E-state index contributed by atoms with van der Waals surface area (Å²) in [5, 5.41) is 13.1. The summed E-state index contributed by atoms with van der Waals surface area (Å²) in [5.74, 6) is 0. The number of hydrogen-bond donors (Lipinski definition) is 2. The molecule has 1 aromatic carbocycles. The number of likely N-dealkylation sites (tertiary alicyclic amines) is 1. The van der Waals surface area contributed by atoms with Crippen LogP contribution in [0.15, 0.2) is 30.3 Å². The van der Waals surface area contributed by atoms with Gasteiger partial charge >= 0.3 is 6.03 Å². The number of thiazole rings is 1. The third-order valence-electron chi connectivity index (χ3n) is 3.73. The normalized spacial score (nSPS) is 18.3. The number of aliphatic hydroxyl groups excluding tert-OH is 1. The van der Waals surface area contributed by atoms with E-state index in [2.05, 4.69) is 10.3 Å². The predicted molar refractivity (Wildman–Crippen MR) is 88.1 cm³/mol. The van der Waals surface area contributed by atoms with Crippen molar-refractivity contribution < 1.29 is 9.90 Å². The zero-order valence-corrected chi connectivity index (χ0v) is 13.3. The van der Waals surface area contributed by atoms with Gasteiger partial charge in [-0.1, -0.05) is 41.7 Å². The number of nitrogens with zero attached hydrogens (tertiary/aromatic N) is 2. The van der Waals surface area contributed by atoms with Crippen LogP contribution in [0.5, 0.6) is 0 Å². The quantitative estimate of drug-likeness (QED) is 0.894. The van der Waals surface area contributed by atoms with Gasteiger partial charge in [0.05, 0.1) is 16.7 Å².